The van der Waals surface area contributed by atoms with Gasteiger partial charge in [-0.1, -0.05) is 18.2 Å². The van der Waals surface area contributed by atoms with E-state index in [9.17, 15) is 5.11 Å². The Morgan fingerprint density at radius 3 is 2.54 bits per heavy atom. The monoisotopic (exact) mass is 381 g/mol. The van der Waals surface area contributed by atoms with Crippen LogP contribution in [0.25, 0.3) is 0 Å². The standard InChI is InChI=1S/C23H31N3O2/c1-28-22-9-10-23(27)19(16-22)17-24-11-5-8-21(18-24)26-14-12-25(13-15-26)20-6-3-2-4-7-20/h2-4,6-7,9-10,16,21,27H,5,8,11-15,17-18H2,1H3/t21-/m0/s1. The number of benzene rings is 2. The van der Waals surface area contributed by atoms with E-state index in [4.69, 9.17) is 4.74 Å². The Morgan fingerprint density at radius 1 is 1.00 bits per heavy atom. The molecule has 150 valence electrons. The maximum atomic E-state index is 10.2. The molecule has 4 rings (SSSR count). The van der Waals surface area contributed by atoms with Crippen LogP contribution in [0.4, 0.5) is 5.69 Å². The summed E-state index contributed by atoms with van der Waals surface area (Å²) in [6, 6.07) is 16.8. The van der Waals surface area contributed by atoms with Gasteiger partial charge in [0, 0.05) is 56.6 Å². The minimum Gasteiger partial charge on any atom is -0.508 e. The maximum Gasteiger partial charge on any atom is 0.120 e. The first-order valence-corrected chi connectivity index (χ1v) is 10.4. The number of piperidine rings is 1. The third-order valence-electron chi connectivity index (χ3n) is 6.11. The van der Waals surface area contributed by atoms with Gasteiger partial charge in [0.1, 0.15) is 11.5 Å². The highest BCUT2D eigenvalue weighted by Crippen LogP contribution is 2.27. The SMILES string of the molecule is COc1ccc(O)c(CN2CCC[C@H](N3CCN(c4ccccc4)CC3)C2)c1. The van der Waals surface area contributed by atoms with E-state index in [1.807, 2.05) is 12.1 Å². The summed E-state index contributed by atoms with van der Waals surface area (Å²) in [5.74, 6) is 1.16. The second-order valence-corrected chi connectivity index (χ2v) is 7.88. The van der Waals surface area contributed by atoms with Crippen molar-refractivity contribution in [3.8, 4) is 11.5 Å². The van der Waals surface area contributed by atoms with Gasteiger partial charge in [0.05, 0.1) is 7.11 Å². The predicted octanol–water partition coefficient (Wildman–Crippen LogP) is 3.19. The molecule has 0 bridgehead atoms. The van der Waals surface area contributed by atoms with Crippen molar-refractivity contribution in [2.24, 2.45) is 0 Å². The summed E-state index contributed by atoms with van der Waals surface area (Å²) in [6.07, 6.45) is 2.49. The van der Waals surface area contributed by atoms with Crippen molar-refractivity contribution in [3.05, 3.63) is 54.1 Å². The number of hydrogen-bond donors (Lipinski definition) is 1. The minimum absolute atomic E-state index is 0.361. The largest absolute Gasteiger partial charge is 0.508 e. The zero-order chi connectivity index (χ0) is 19.3. The van der Waals surface area contributed by atoms with E-state index in [2.05, 4.69) is 45.0 Å². The van der Waals surface area contributed by atoms with Gasteiger partial charge in [0.15, 0.2) is 0 Å². The van der Waals surface area contributed by atoms with Crippen LogP contribution in [0.3, 0.4) is 0 Å². The van der Waals surface area contributed by atoms with E-state index in [0.29, 0.717) is 11.8 Å². The summed E-state index contributed by atoms with van der Waals surface area (Å²) in [6.45, 7) is 7.38. The van der Waals surface area contributed by atoms with E-state index in [0.717, 1.165) is 57.1 Å². The number of likely N-dealkylation sites (tertiary alicyclic amines) is 1. The average molecular weight is 382 g/mol. The molecule has 2 saturated heterocycles. The second-order valence-electron chi connectivity index (χ2n) is 7.88. The van der Waals surface area contributed by atoms with Crippen molar-refractivity contribution in [1.29, 1.82) is 0 Å². The lowest BCUT2D eigenvalue weighted by atomic mass is 10.0. The van der Waals surface area contributed by atoms with Gasteiger partial charge in [-0.25, -0.2) is 0 Å². The molecule has 2 fully saturated rings. The van der Waals surface area contributed by atoms with Crippen LogP contribution in [0.1, 0.15) is 18.4 Å². The Labute approximate surface area is 168 Å². The lowest BCUT2D eigenvalue weighted by Crippen LogP contribution is -2.55. The van der Waals surface area contributed by atoms with Crippen molar-refractivity contribution >= 4 is 5.69 Å². The number of methoxy groups -OCH3 is 1. The summed E-state index contributed by atoms with van der Waals surface area (Å²) in [4.78, 5) is 7.63. The van der Waals surface area contributed by atoms with Crippen molar-refractivity contribution in [2.45, 2.75) is 25.4 Å². The zero-order valence-corrected chi connectivity index (χ0v) is 16.8. The molecule has 2 heterocycles. The van der Waals surface area contributed by atoms with Gasteiger partial charge in [-0.3, -0.25) is 9.80 Å². The van der Waals surface area contributed by atoms with Crippen LogP contribution in [0, 0.1) is 0 Å². The number of rotatable bonds is 5. The maximum absolute atomic E-state index is 10.2. The van der Waals surface area contributed by atoms with E-state index >= 15 is 0 Å². The number of anilines is 1. The highest BCUT2D eigenvalue weighted by molar-refractivity contribution is 5.46. The molecule has 5 heteroatoms. The molecule has 2 aliphatic heterocycles. The summed E-state index contributed by atoms with van der Waals surface area (Å²) < 4.78 is 5.32. The van der Waals surface area contributed by atoms with Crippen LogP contribution in [-0.2, 0) is 6.54 Å². The van der Waals surface area contributed by atoms with Crippen LogP contribution in [0.5, 0.6) is 11.5 Å². The first-order chi connectivity index (χ1) is 13.7. The fraction of sp³-hybridized carbons (Fsp3) is 0.478. The molecule has 2 aliphatic rings. The number of nitrogens with zero attached hydrogens (tertiary/aromatic N) is 3. The van der Waals surface area contributed by atoms with Crippen molar-refractivity contribution in [1.82, 2.24) is 9.80 Å². The Kier molecular flexibility index (Phi) is 6.03. The minimum atomic E-state index is 0.361. The Bertz CT molecular complexity index is 760. The molecule has 5 nitrogen and oxygen atoms in total. The quantitative estimate of drug-likeness (QED) is 0.861. The summed E-state index contributed by atoms with van der Waals surface area (Å²) in [5.41, 5.74) is 2.29. The normalized spacial score (nSPS) is 21.6. The van der Waals surface area contributed by atoms with Gasteiger partial charge in [-0.05, 0) is 49.7 Å². The zero-order valence-electron chi connectivity index (χ0n) is 16.8. The molecular weight excluding hydrogens is 350 g/mol. The third kappa shape index (κ3) is 4.42. The van der Waals surface area contributed by atoms with E-state index in [-0.39, 0.29) is 0 Å². The number of piperazine rings is 1. The van der Waals surface area contributed by atoms with E-state index < -0.39 is 0 Å². The first-order valence-electron chi connectivity index (χ1n) is 10.4. The highest BCUT2D eigenvalue weighted by Gasteiger charge is 2.28. The number of hydrogen-bond acceptors (Lipinski definition) is 5. The smallest absolute Gasteiger partial charge is 0.120 e. The Balaban J connectivity index is 1.33. The molecule has 1 atom stereocenters. The van der Waals surface area contributed by atoms with Gasteiger partial charge in [-0.15, -0.1) is 0 Å². The molecule has 0 radical (unpaired) electrons. The van der Waals surface area contributed by atoms with Gasteiger partial charge < -0.3 is 14.7 Å². The second kappa shape index (κ2) is 8.84. The fourth-order valence-corrected chi connectivity index (χ4v) is 4.51. The van der Waals surface area contributed by atoms with Gasteiger partial charge in [0.25, 0.3) is 0 Å². The van der Waals surface area contributed by atoms with Crippen LogP contribution in [0.15, 0.2) is 48.5 Å². The van der Waals surface area contributed by atoms with Crippen molar-refractivity contribution in [3.63, 3.8) is 0 Å². The lowest BCUT2D eigenvalue weighted by Gasteiger charge is -2.44. The lowest BCUT2D eigenvalue weighted by molar-refractivity contribution is 0.0883. The molecule has 0 aromatic heterocycles. The van der Waals surface area contributed by atoms with Crippen LogP contribution < -0.4 is 9.64 Å². The summed E-state index contributed by atoms with van der Waals surface area (Å²) in [7, 11) is 1.67. The van der Waals surface area contributed by atoms with Gasteiger partial charge in [0.2, 0.25) is 0 Å². The molecule has 2 aromatic rings. The number of phenolic OH excluding ortho intramolecular Hbond substituents is 1. The van der Waals surface area contributed by atoms with Crippen LogP contribution in [-0.4, -0.2) is 67.3 Å². The van der Waals surface area contributed by atoms with Gasteiger partial charge in [-0.2, -0.15) is 0 Å². The molecular formula is C23H31N3O2. The molecule has 0 aliphatic carbocycles. The number of aromatic hydroxyl groups is 1. The topological polar surface area (TPSA) is 39.2 Å². The molecule has 1 N–H and O–H groups in total. The average Bonchev–Trinajstić information content (AvgIpc) is 2.76. The molecule has 0 saturated carbocycles. The van der Waals surface area contributed by atoms with Crippen molar-refractivity contribution < 1.29 is 9.84 Å². The third-order valence-corrected chi connectivity index (χ3v) is 6.11. The van der Waals surface area contributed by atoms with Crippen LogP contribution >= 0.6 is 0 Å². The molecule has 28 heavy (non-hydrogen) atoms. The van der Waals surface area contributed by atoms with Crippen LogP contribution in [0.2, 0.25) is 0 Å². The van der Waals surface area contributed by atoms with Crippen molar-refractivity contribution in [2.75, 3.05) is 51.3 Å². The number of para-hydroxylation sites is 1. The van der Waals surface area contributed by atoms with E-state index in [1.54, 1.807) is 13.2 Å². The predicted molar refractivity (Wildman–Crippen MR) is 113 cm³/mol. The fourth-order valence-electron chi connectivity index (χ4n) is 4.51. The molecule has 0 amide bonds. The highest BCUT2D eigenvalue weighted by atomic mass is 16.5. The number of ether oxygens (including phenoxy) is 1. The molecule has 0 spiro atoms. The Morgan fingerprint density at radius 2 is 1.79 bits per heavy atom. The number of phenols is 1. The van der Waals surface area contributed by atoms with E-state index in [1.165, 1.54) is 18.5 Å². The first kappa shape index (κ1) is 19.1. The Hall–Kier alpha value is -2.24. The van der Waals surface area contributed by atoms with Gasteiger partial charge >= 0.3 is 0 Å². The summed E-state index contributed by atoms with van der Waals surface area (Å²) in [5, 5.41) is 10.2. The summed E-state index contributed by atoms with van der Waals surface area (Å²) >= 11 is 0. The molecule has 2 aromatic carbocycles. The molecule has 0 unspecified atom stereocenters.